The van der Waals surface area contributed by atoms with Crippen LogP contribution in [0.15, 0.2) is 18.2 Å². The number of hydrogen-bond acceptors (Lipinski definition) is 1. The van der Waals surface area contributed by atoms with Crippen LogP contribution in [0.2, 0.25) is 0 Å². The molecular weight excluding hydrogens is 256 g/mol. The molecule has 1 aliphatic rings. The second kappa shape index (κ2) is 4.52. The van der Waals surface area contributed by atoms with E-state index in [-0.39, 0.29) is 0 Å². The highest BCUT2D eigenvalue weighted by atomic mass is 35.5. The lowest BCUT2D eigenvalue weighted by atomic mass is 9.87. The highest BCUT2D eigenvalue weighted by Crippen LogP contribution is 2.47. The fourth-order valence-electron chi connectivity index (χ4n) is 3.59. The lowest BCUT2D eigenvalue weighted by molar-refractivity contribution is 0.262. The van der Waals surface area contributed by atoms with Gasteiger partial charge in [0.2, 0.25) is 0 Å². The van der Waals surface area contributed by atoms with Crippen molar-refractivity contribution in [1.29, 1.82) is 0 Å². The Kier molecular flexibility index (Phi) is 3.09. The van der Waals surface area contributed by atoms with E-state index in [9.17, 15) is 0 Å². The second-order valence-corrected chi connectivity index (χ2v) is 6.64. The van der Waals surface area contributed by atoms with E-state index in [1.165, 1.54) is 30.3 Å². The van der Waals surface area contributed by atoms with E-state index in [0.717, 1.165) is 11.3 Å². The van der Waals surface area contributed by atoms with Gasteiger partial charge in [-0.2, -0.15) is 0 Å². The molecule has 2 nitrogen and oxygen atoms in total. The number of nitrogens with zero attached hydrogens (tertiary/aromatic N) is 2. The third-order valence-electron chi connectivity index (χ3n) is 4.62. The van der Waals surface area contributed by atoms with Crippen molar-refractivity contribution in [3.8, 4) is 0 Å². The van der Waals surface area contributed by atoms with Gasteiger partial charge >= 0.3 is 0 Å². The molecule has 3 rings (SSSR count). The molecular formula is C16H21ClN2. The quantitative estimate of drug-likeness (QED) is 0.718. The van der Waals surface area contributed by atoms with Gasteiger partial charge in [-0.15, -0.1) is 11.6 Å². The first-order chi connectivity index (χ1) is 9.04. The van der Waals surface area contributed by atoms with Crippen molar-refractivity contribution in [3.63, 3.8) is 0 Å². The molecule has 19 heavy (non-hydrogen) atoms. The Labute approximate surface area is 119 Å². The van der Waals surface area contributed by atoms with Crippen LogP contribution in [0.5, 0.6) is 0 Å². The monoisotopic (exact) mass is 276 g/mol. The Balaban J connectivity index is 2.27. The largest absolute Gasteiger partial charge is 0.323 e. The summed E-state index contributed by atoms with van der Waals surface area (Å²) in [6, 6.07) is 6.86. The molecule has 0 saturated heterocycles. The van der Waals surface area contributed by atoms with Gasteiger partial charge < -0.3 is 4.57 Å². The van der Waals surface area contributed by atoms with E-state index in [2.05, 4.69) is 43.5 Å². The highest BCUT2D eigenvalue weighted by molar-refractivity contribution is 6.16. The normalized spacial score (nSPS) is 22.2. The molecule has 1 aromatic heterocycles. The molecule has 0 amide bonds. The molecule has 0 bridgehead atoms. The number of hydrogen-bond donors (Lipinski definition) is 0. The van der Waals surface area contributed by atoms with Gasteiger partial charge in [0.25, 0.3) is 0 Å². The summed E-state index contributed by atoms with van der Waals surface area (Å²) in [5.74, 6) is 1.51. The van der Waals surface area contributed by atoms with Crippen molar-refractivity contribution >= 4 is 22.6 Å². The Hall–Kier alpha value is -1.02. The van der Waals surface area contributed by atoms with Crippen molar-refractivity contribution in [2.45, 2.75) is 52.0 Å². The minimum atomic E-state index is 0.330. The topological polar surface area (TPSA) is 17.8 Å². The summed E-state index contributed by atoms with van der Waals surface area (Å²) >= 11 is 6.14. The third kappa shape index (κ3) is 1.97. The molecule has 102 valence electrons. The van der Waals surface area contributed by atoms with Crippen LogP contribution >= 0.6 is 11.6 Å². The number of para-hydroxylation sites is 1. The lowest BCUT2D eigenvalue weighted by Gasteiger charge is -2.30. The fourth-order valence-corrected chi connectivity index (χ4v) is 3.77. The molecule has 1 unspecified atom stereocenters. The summed E-state index contributed by atoms with van der Waals surface area (Å²) in [4.78, 5) is 4.73. The number of halogens is 1. The fraction of sp³-hybridized carbons (Fsp3) is 0.562. The van der Waals surface area contributed by atoms with Gasteiger partial charge in [-0.05, 0) is 36.8 Å². The SMILES string of the molecule is Cc1cccc2nc(CCl)n(C3CCCC3(C)C)c12. The molecule has 0 aliphatic heterocycles. The van der Waals surface area contributed by atoms with Gasteiger partial charge in [0.15, 0.2) is 0 Å². The summed E-state index contributed by atoms with van der Waals surface area (Å²) in [6.07, 6.45) is 3.81. The van der Waals surface area contributed by atoms with Gasteiger partial charge in [0, 0.05) is 6.04 Å². The summed E-state index contributed by atoms with van der Waals surface area (Å²) in [5.41, 5.74) is 3.98. The maximum atomic E-state index is 6.14. The lowest BCUT2D eigenvalue weighted by Crippen LogP contribution is -2.23. The van der Waals surface area contributed by atoms with E-state index >= 15 is 0 Å². The molecule has 1 heterocycles. The van der Waals surface area contributed by atoms with E-state index in [1.54, 1.807) is 0 Å². The van der Waals surface area contributed by atoms with Crippen molar-refractivity contribution in [3.05, 3.63) is 29.6 Å². The molecule has 2 aromatic rings. The zero-order valence-electron chi connectivity index (χ0n) is 11.9. The first-order valence-corrected chi connectivity index (χ1v) is 7.60. The summed E-state index contributed by atoms with van der Waals surface area (Å²) in [6.45, 7) is 6.90. The van der Waals surface area contributed by atoms with Gasteiger partial charge in [-0.3, -0.25) is 0 Å². The van der Waals surface area contributed by atoms with Crippen LogP contribution in [0.3, 0.4) is 0 Å². The second-order valence-electron chi connectivity index (χ2n) is 6.37. The number of benzene rings is 1. The van der Waals surface area contributed by atoms with Crippen LogP contribution < -0.4 is 0 Å². The van der Waals surface area contributed by atoms with Crippen LogP contribution in [0, 0.1) is 12.3 Å². The average Bonchev–Trinajstić information content (AvgIpc) is 2.89. The molecule has 1 saturated carbocycles. The Bertz CT molecular complexity index is 612. The molecule has 1 aromatic carbocycles. The number of aryl methyl sites for hydroxylation is 1. The van der Waals surface area contributed by atoms with Crippen molar-refractivity contribution in [1.82, 2.24) is 9.55 Å². The standard InChI is InChI=1S/C16H21ClN2/c1-11-6-4-7-12-15(11)19(14(10-17)18-12)13-8-5-9-16(13,2)3/h4,6-7,13H,5,8-10H2,1-3H3. The predicted octanol–water partition coefficient (Wildman–Crippen LogP) is 4.83. The van der Waals surface area contributed by atoms with E-state index < -0.39 is 0 Å². The average molecular weight is 277 g/mol. The number of aromatic nitrogens is 2. The van der Waals surface area contributed by atoms with Crippen LogP contribution in [-0.2, 0) is 5.88 Å². The molecule has 0 radical (unpaired) electrons. The van der Waals surface area contributed by atoms with E-state index in [4.69, 9.17) is 16.6 Å². The minimum absolute atomic E-state index is 0.330. The Morgan fingerprint density at radius 1 is 1.42 bits per heavy atom. The maximum absolute atomic E-state index is 6.14. The predicted molar refractivity (Wildman–Crippen MR) is 80.7 cm³/mol. The number of rotatable bonds is 2. The molecule has 1 aliphatic carbocycles. The van der Waals surface area contributed by atoms with Gasteiger partial charge in [-0.1, -0.05) is 32.4 Å². The smallest absolute Gasteiger partial charge is 0.125 e. The van der Waals surface area contributed by atoms with Gasteiger partial charge in [-0.25, -0.2) is 4.98 Å². The summed E-state index contributed by atoms with van der Waals surface area (Å²) in [7, 11) is 0. The number of alkyl halides is 1. The molecule has 0 spiro atoms. The van der Waals surface area contributed by atoms with Gasteiger partial charge in [0.1, 0.15) is 5.82 Å². The molecule has 1 atom stereocenters. The summed E-state index contributed by atoms with van der Waals surface area (Å²) < 4.78 is 2.42. The van der Waals surface area contributed by atoms with Crippen LogP contribution in [0.4, 0.5) is 0 Å². The zero-order valence-corrected chi connectivity index (χ0v) is 12.7. The first kappa shape index (κ1) is 13.0. The molecule has 0 N–H and O–H groups in total. The molecule has 1 fully saturated rings. The van der Waals surface area contributed by atoms with Crippen LogP contribution in [-0.4, -0.2) is 9.55 Å². The minimum Gasteiger partial charge on any atom is -0.323 e. The Morgan fingerprint density at radius 3 is 2.84 bits per heavy atom. The van der Waals surface area contributed by atoms with Crippen molar-refractivity contribution in [2.75, 3.05) is 0 Å². The van der Waals surface area contributed by atoms with E-state index in [1.807, 2.05) is 0 Å². The number of imidazole rings is 1. The van der Waals surface area contributed by atoms with Crippen molar-refractivity contribution < 1.29 is 0 Å². The van der Waals surface area contributed by atoms with Crippen molar-refractivity contribution in [2.24, 2.45) is 5.41 Å². The maximum Gasteiger partial charge on any atom is 0.125 e. The van der Waals surface area contributed by atoms with E-state index in [0.29, 0.717) is 17.3 Å². The third-order valence-corrected chi connectivity index (χ3v) is 4.86. The van der Waals surface area contributed by atoms with Crippen LogP contribution in [0.1, 0.15) is 50.5 Å². The van der Waals surface area contributed by atoms with Crippen LogP contribution in [0.25, 0.3) is 11.0 Å². The first-order valence-electron chi connectivity index (χ1n) is 7.07. The number of fused-ring (bicyclic) bond motifs is 1. The Morgan fingerprint density at radius 2 is 2.21 bits per heavy atom. The zero-order chi connectivity index (χ0) is 13.6. The van der Waals surface area contributed by atoms with Gasteiger partial charge in [0.05, 0.1) is 16.9 Å². The highest BCUT2D eigenvalue weighted by Gasteiger charge is 2.37. The summed E-state index contributed by atoms with van der Waals surface area (Å²) in [5, 5.41) is 0. The molecule has 3 heteroatoms.